The number of aromatic amines is 1. The van der Waals surface area contributed by atoms with Gasteiger partial charge in [0.05, 0.1) is 17.0 Å². The van der Waals surface area contributed by atoms with Gasteiger partial charge in [-0.15, -0.1) is 0 Å². The normalized spacial score (nSPS) is 12.9. The zero-order valence-electron chi connectivity index (χ0n) is 19.3. The zero-order valence-corrected chi connectivity index (χ0v) is 20.2. The van der Waals surface area contributed by atoms with Crippen LogP contribution in [0.2, 0.25) is 0 Å². The van der Waals surface area contributed by atoms with Gasteiger partial charge in [-0.3, -0.25) is 4.72 Å². The topological polar surface area (TPSA) is 97.8 Å². The summed E-state index contributed by atoms with van der Waals surface area (Å²) in [5.41, 5.74) is -2.48. The van der Waals surface area contributed by atoms with Crippen molar-refractivity contribution in [3.05, 3.63) is 89.5 Å². The smallest absolute Gasteiger partial charge is 0.494 e. The third kappa shape index (κ3) is 5.37. The van der Waals surface area contributed by atoms with E-state index in [0.29, 0.717) is 27.9 Å². The van der Waals surface area contributed by atoms with Gasteiger partial charge in [-0.05, 0) is 50.0 Å². The molecule has 0 radical (unpaired) electrons. The molecule has 0 spiro atoms. The summed E-state index contributed by atoms with van der Waals surface area (Å²) in [7, 11) is -1.69. The second-order valence-electron chi connectivity index (χ2n) is 8.39. The lowest BCUT2D eigenvalue weighted by atomic mass is 10.0. The van der Waals surface area contributed by atoms with Crippen molar-refractivity contribution in [2.24, 2.45) is 4.99 Å². The van der Waals surface area contributed by atoms with Gasteiger partial charge < -0.3 is 15.0 Å². The van der Waals surface area contributed by atoms with E-state index in [9.17, 15) is 26.7 Å². The summed E-state index contributed by atoms with van der Waals surface area (Å²) < 4.78 is 63.4. The maximum absolute atomic E-state index is 12.9. The second kappa shape index (κ2) is 9.67. The molecule has 7 nitrogen and oxygen atoms in total. The second-order valence-corrected chi connectivity index (χ2v) is 10.1. The number of H-pyrrole nitrogens is 1. The first kappa shape index (κ1) is 25.3. The first-order chi connectivity index (χ1) is 16.9. The number of hydrogen-bond donors (Lipinski definition) is 3. The van der Waals surface area contributed by atoms with Crippen LogP contribution in [0, 0.1) is 0 Å². The number of sulfonamides is 1. The van der Waals surface area contributed by atoms with Crippen molar-refractivity contribution < 1.29 is 26.7 Å². The third-order valence-corrected chi connectivity index (χ3v) is 6.41. The van der Waals surface area contributed by atoms with Crippen LogP contribution in [-0.2, 0) is 16.6 Å². The molecule has 0 bridgehead atoms. The number of benzene rings is 3. The first-order valence-corrected chi connectivity index (χ1v) is 12.2. The van der Waals surface area contributed by atoms with E-state index in [1.165, 1.54) is 18.2 Å². The molecule has 1 aromatic heterocycles. The summed E-state index contributed by atoms with van der Waals surface area (Å²) in [4.78, 5) is 9.56. The summed E-state index contributed by atoms with van der Waals surface area (Å²) in [6.45, 7) is 0.745. The Labute approximate surface area is 206 Å². The quantitative estimate of drug-likeness (QED) is 0.288. The van der Waals surface area contributed by atoms with Gasteiger partial charge in [0.15, 0.2) is 5.88 Å². The molecule has 0 unspecified atom stereocenters. The van der Waals surface area contributed by atoms with E-state index in [0.717, 1.165) is 12.1 Å². The number of nitrogens with zero attached hydrogens (tertiary/aromatic N) is 2. The number of anilines is 1. The van der Waals surface area contributed by atoms with Crippen molar-refractivity contribution in [3.63, 3.8) is 0 Å². The van der Waals surface area contributed by atoms with E-state index in [2.05, 4.69) is 4.98 Å². The lowest BCUT2D eigenvalue weighted by Crippen LogP contribution is -2.29. The van der Waals surface area contributed by atoms with E-state index < -0.39 is 15.5 Å². The van der Waals surface area contributed by atoms with Gasteiger partial charge >= 0.3 is 15.5 Å². The summed E-state index contributed by atoms with van der Waals surface area (Å²) >= 11 is 0. The Kier molecular flexibility index (Phi) is 6.79. The van der Waals surface area contributed by atoms with Gasteiger partial charge in [-0.25, -0.2) is 4.99 Å². The van der Waals surface area contributed by atoms with Crippen molar-refractivity contribution >= 4 is 38.0 Å². The molecule has 0 aliphatic carbocycles. The van der Waals surface area contributed by atoms with Crippen molar-refractivity contribution in [3.8, 4) is 5.88 Å². The highest BCUT2D eigenvalue weighted by atomic mass is 32.2. The van der Waals surface area contributed by atoms with Crippen molar-refractivity contribution in [2.75, 3.05) is 18.8 Å². The Morgan fingerprint density at radius 2 is 1.69 bits per heavy atom. The van der Waals surface area contributed by atoms with Gasteiger partial charge in [0, 0.05) is 28.7 Å². The van der Waals surface area contributed by atoms with Gasteiger partial charge in [-0.1, -0.05) is 42.5 Å². The molecule has 0 aliphatic rings. The van der Waals surface area contributed by atoms with Crippen LogP contribution in [0.1, 0.15) is 16.7 Å². The maximum Gasteiger partial charge on any atom is 0.516 e. The standard InChI is InChI=1S/C25H23F3N4O3S/c1-32(2)15-16-8-10-18(11-9-16)29-23(17-6-4-3-5-7-17)22-20-14-19(12-13-21(20)30-24(22)33)31-36(34,35)25(26,27)28/h3-14,30-31,33H,15H2,1-2H3. The minimum atomic E-state index is -5.62. The average molecular weight is 517 g/mol. The Morgan fingerprint density at radius 1 is 1.03 bits per heavy atom. The molecule has 3 aromatic carbocycles. The van der Waals surface area contributed by atoms with Crippen LogP contribution in [0.5, 0.6) is 5.88 Å². The number of rotatable bonds is 7. The van der Waals surface area contributed by atoms with Crippen molar-refractivity contribution in [2.45, 2.75) is 12.1 Å². The summed E-state index contributed by atoms with van der Waals surface area (Å²) in [6, 6.07) is 20.3. The first-order valence-electron chi connectivity index (χ1n) is 10.8. The molecule has 4 rings (SSSR count). The van der Waals surface area contributed by atoms with Crippen LogP contribution >= 0.6 is 0 Å². The van der Waals surface area contributed by atoms with E-state index in [1.54, 1.807) is 29.0 Å². The monoisotopic (exact) mass is 516 g/mol. The number of halogens is 3. The minimum Gasteiger partial charge on any atom is -0.494 e. The SMILES string of the molecule is CN(C)Cc1ccc(N=C(c2ccccc2)c2c(O)[nH]c3ccc(NS(=O)(=O)C(F)(F)F)cc23)cc1. The number of hydrogen-bond acceptors (Lipinski definition) is 5. The minimum absolute atomic E-state index is 0.224. The molecule has 3 N–H and O–H groups in total. The molecule has 1 heterocycles. The fraction of sp³-hybridized carbons (Fsp3) is 0.160. The fourth-order valence-electron chi connectivity index (χ4n) is 3.72. The number of fused-ring (bicyclic) bond motifs is 1. The summed E-state index contributed by atoms with van der Waals surface area (Å²) in [5.74, 6) is -0.257. The molecule has 4 aromatic rings. The zero-order chi connectivity index (χ0) is 26.1. The molecule has 0 saturated heterocycles. The largest absolute Gasteiger partial charge is 0.516 e. The van der Waals surface area contributed by atoms with Crippen molar-refractivity contribution in [1.29, 1.82) is 0 Å². The van der Waals surface area contributed by atoms with Crippen LogP contribution in [0.25, 0.3) is 10.9 Å². The molecule has 0 fully saturated rings. The van der Waals surface area contributed by atoms with Crippen molar-refractivity contribution in [1.82, 2.24) is 9.88 Å². The molecular formula is C25H23F3N4O3S. The Morgan fingerprint density at radius 3 is 2.31 bits per heavy atom. The number of alkyl halides is 3. The highest BCUT2D eigenvalue weighted by molar-refractivity contribution is 7.93. The lowest BCUT2D eigenvalue weighted by molar-refractivity contribution is -0.0429. The van der Waals surface area contributed by atoms with E-state index in [4.69, 9.17) is 4.99 Å². The average Bonchev–Trinajstić information content (AvgIpc) is 3.12. The van der Waals surface area contributed by atoms with E-state index >= 15 is 0 Å². The third-order valence-electron chi connectivity index (χ3n) is 5.30. The molecule has 0 aliphatic heterocycles. The Hall–Kier alpha value is -3.83. The maximum atomic E-state index is 12.9. The summed E-state index contributed by atoms with van der Waals surface area (Å²) in [6.07, 6.45) is 0. The predicted octanol–water partition coefficient (Wildman–Crippen LogP) is 5.37. The molecule has 0 atom stereocenters. The van der Waals surface area contributed by atoms with E-state index in [-0.39, 0.29) is 17.1 Å². The Bertz CT molecular complexity index is 1510. The molecule has 0 amide bonds. The molecular weight excluding hydrogens is 493 g/mol. The van der Waals surface area contributed by atoms with E-state index in [1.807, 2.05) is 49.3 Å². The van der Waals surface area contributed by atoms with Crippen LogP contribution in [-0.4, -0.2) is 48.7 Å². The molecule has 188 valence electrons. The Balaban J connectivity index is 1.85. The lowest BCUT2D eigenvalue weighted by Gasteiger charge is -2.12. The van der Waals surface area contributed by atoms with Crippen LogP contribution in [0.4, 0.5) is 24.5 Å². The number of aromatic hydroxyl groups is 1. The number of aliphatic imine (C=N–C) groups is 1. The molecule has 36 heavy (non-hydrogen) atoms. The van der Waals surface area contributed by atoms with Gasteiger partial charge in [0.25, 0.3) is 0 Å². The van der Waals surface area contributed by atoms with Gasteiger partial charge in [-0.2, -0.15) is 21.6 Å². The predicted molar refractivity (Wildman–Crippen MR) is 134 cm³/mol. The fourth-order valence-corrected chi connectivity index (χ4v) is 4.28. The molecule has 0 saturated carbocycles. The number of nitrogens with one attached hydrogen (secondary N) is 2. The van der Waals surface area contributed by atoms with Gasteiger partial charge in [0.2, 0.25) is 0 Å². The van der Waals surface area contributed by atoms with Crippen LogP contribution in [0.15, 0.2) is 77.8 Å². The highest BCUT2D eigenvalue weighted by Gasteiger charge is 2.46. The highest BCUT2D eigenvalue weighted by Crippen LogP contribution is 2.34. The van der Waals surface area contributed by atoms with Crippen LogP contribution < -0.4 is 4.72 Å². The number of aromatic nitrogens is 1. The van der Waals surface area contributed by atoms with Gasteiger partial charge in [0.1, 0.15) is 0 Å². The molecule has 11 heteroatoms. The summed E-state index contributed by atoms with van der Waals surface area (Å²) in [5, 5.41) is 11.1. The van der Waals surface area contributed by atoms with Crippen LogP contribution in [0.3, 0.4) is 0 Å².